The first-order valence-corrected chi connectivity index (χ1v) is 8.48. The molecule has 0 heterocycles. The fraction of sp³-hybridized carbons (Fsp3) is 1.00. The summed E-state index contributed by atoms with van der Waals surface area (Å²) in [6.45, 7) is 11.0. The Hall–Kier alpha value is -0.0800. The summed E-state index contributed by atoms with van der Waals surface area (Å²) >= 11 is 0. The number of hydrogen-bond acceptors (Lipinski definition) is 2. The molecule has 5 atom stereocenters. The number of hydrogen-bond donors (Lipinski definition) is 1. The Morgan fingerprint density at radius 1 is 1.16 bits per heavy atom. The molecule has 0 amide bonds. The van der Waals surface area contributed by atoms with Gasteiger partial charge in [0.15, 0.2) is 0 Å². The molecule has 112 valence electrons. The Bertz CT molecular complexity index is 289. The zero-order chi connectivity index (χ0) is 14.0. The lowest BCUT2D eigenvalue weighted by molar-refractivity contribution is -0.0353. The van der Waals surface area contributed by atoms with Crippen molar-refractivity contribution in [3.8, 4) is 0 Å². The topological polar surface area (TPSA) is 23.5 Å². The number of fused-ring (bicyclic) bond motifs is 2. The predicted molar refractivity (Wildman–Crippen MR) is 81.2 cm³/mol. The van der Waals surface area contributed by atoms with Gasteiger partial charge < -0.3 is 5.11 Å². The molecule has 1 N–H and O–H groups in total. The third-order valence-electron chi connectivity index (χ3n) is 6.33. The van der Waals surface area contributed by atoms with E-state index in [1.807, 2.05) is 0 Å². The van der Waals surface area contributed by atoms with Gasteiger partial charge in [0.1, 0.15) is 0 Å². The minimum atomic E-state index is -0.165. The molecule has 0 aromatic heterocycles. The molecule has 2 rings (SSSR count). The second-order valence-electron chi connectivity index (χ2n) is 7.07. The molecule has 2 aliphatic carbocycles. The van der Waals surface area contributed by atoms with E-state index >= 15 is 0 Å². The van der Waals surface area contributed by atoms with Crippen LogP contribution in [0.5, 0.6) is 0 Å². The van der Waals surface area contributed by atoms with E-state index in [4.69, 9.17) is 0 Å². The van der Waals surface area contributed by atoms with Crippen LogP contribution in [0.25, 0.3) is 0 Å². The maximum atomic E-state index is 10.8. The quantitative estimate of drug-likeness (QED) is 0.760. The Kier molecular flexibility index (Phi) is 4.94. The van der Waals surface area contributed by atoms with E-state index in [0.29, 0.717) is 0 Å². The van der Waals surface area contributed by atoms with Crippen molar-refractivity contribution in [2.24, 2.45) is 17.8 Å². The lowest BCUT2D eigenvalue weighted by Crippen LogP contribution is -2.54. The molecule has 2 aliphatic rings. The lowest BCUT2D eigenvalue weighted by atomic mass is 9.78. The molecule has 0 saturated heterocycles. The minimum Gasteiger partial charge on any atom is -0.391 e. The molecule has 0 radical (unpaired) electrons. The summed E-state index contributed by atoms with van der Waals surface area (Å²) < 4.78 is 0. The molecule has 0 spiro atoms. The van der Waals surface area contributed by atoms with Gasteiger partial charge in [0.25, 0.3) is 0 Å². The Labute approximate surface area is 119 Å². The van der Waals surface area contributed by atoms with E-state index < -0.39 is 0 Å². The second kappa shape index (κ2) is 6.13. The molecule has 19 heavy (non-hydrogen) atoms. The van der Waals surface area contributed by atoms with Gasteiger partial charge in [-0.2, -0.15) is 0 Å². The molecule has 0 aromatic carbocycles. The molecule has 5 unspecified atom stereocenters. The van der Waals surface area contributed by atoms with Crippen molar-refractivity contribution in [2.75, 3.05) is 13.1 Å². The monoisotopic (exact) mass is 267 g/mol. The average molecular weight is 267 g/mol. The predicted octanol–water partition coefficient (Wildman–Crippen LogP) is 3.68. The fourth-order valence-corrected chi connectivity index (χ4v) is 4.82. The van der Waals surface area contributed by atoms with Crippen LogP contribution in [-0.4, -0.2) is 34.7 Å². The Balaban J connectivity index is 1.98. The Morgan fingerprint density at radius 3 is 2.26 bits per heavy atom. The normalized spacial score (nSPS) is 34.7. The van der Waals surface area contributed by atoms with E-state index in [0.717, 1.165) is 43.7 Å². The van der Waals surface area contributed by atoms with Gasteiger partial charge in [0.2, 0.25) is 0 Å². The van der Waals surface area contributed by atoms with Gasteiger partial charge in [-0.15, -0.1) is 0 Å². The Morgan fingerprint density at radius 2 is 1.84 bits per heavy atom. The third kappa shape index (κ3) is 2.85. The number of likely N-dealkylation sites (N-methyl/N-ethyl adjacent to an activating group) is 1. The zero-order valence-electron chi connectivity index (χ0n) is 13.4. The van der Waals surface area contributed by atoms with Gasteiger partial charge in [-0.25, -0.2) is 0 Å². The first-order chi connectivity index (χ1) is 9.05. The summed E-state index contributed by atoms with van der Waals surface area (Å²) in [6, 6.07) is 0. The van der Waals surface area contributed by atoms with Gasteiger partial charge >= 0.3 is 0 Å². The van der Waals surface area contributed by atoms with Crippen LogP contribution in [0.15, 0.2) is 0 Å². The van der Waals surface area contributed by atoms with Crippen LogP contribution < -0.4 is 0 Å². The van der Waals surface area contributed by atoms with E-state index in [1.165, 1.54) is 25.7 Å². The van der Waals surface area contributed by atoms with Gasteiger partial charge in [0, 0.05) is 5.54 Å². The van der Waals surface area contributed by atoms with E-state index in [2.05, 4.69) is 32.6 Å². The zero-order valence-corrected chi connectivity index (χ0v) is 13.4. The van der Waals surface area contributed by atoms with Crippen molar-refractivity contribution in [3.05, 3.63) is 0 Å². The van der Waals surface area contributed by atoms with Crippen molar-refractivity contribution in [1.29, 1.82) is 0 Å². The second-order valence-corrected chi connectivity index (χ2v) is 7.07. The number of rotatable bonds is 7. The van der Waals surface area contributed by atoms with Crippen LogP contribution in [-0.2, 0) is 0 Å². The first-order valence-electron chi connectivity index (χ1n) is 8.48. The number of aliphatic hydroxyl groups excluding tert-OH is 1. The highest BCUT2D eigenvalue weighted by atomic mass is 16.3. The van der Waals surface area contributed by atoms with Gasteiger partial charge in [-0.1, -0.05) is 27.2 Å². The highest BCUT2D eigenvalue weighted by molar-refractivity contribution is 4.96. The van der Waals surface area contributed by atoms with Crippen molar-refractivity contribution >= 4 is 0 Å². The summed E-state index contributed by atoms with van der Waals surface area (Å²) in [5.41, 5.74) is -0.0364. The van der Waals surface area contributed by atoms with E-state index in [9.17, 15) is 5.11 Å². The highest BCUT2D eigenvalue weighted by Gasteiger charge is 2.43. The fourth-order valence-electron chi connectivity index (χ4n) is 4.82. The maximum absolute atomic E-state index is 10.8. The van der Waals surface area contributed by atoms with Crippen molar-refractivity contribution in [3.63, 3.8) is 0 Å². The molecule has 2 nitrogen and oxygen atoms in total. The first kappa shape index (κ1) is 15.3. The highest BCUT2D eigenvalue weighted by Crippen LogP contribution is 2.50. The molecule has 2 fully saturated rings. The summed E-state index contributed by atoms with van der Waals surface area (Å²) in [6.07, 6.45) is 7.63. The molecular weight excluding hydrogens is 234 g/mol. The molecule has 2 bridgehead atoms. The summed E-state index contributed by atoms with van der Waals surface area (Å²) in [5.74, 6) is 2.72. The van der Waals surface area contributed by atoms with Gasteiger partial charge in [-0.05, 0) is 69.9 Å². The van der Waals surface area contributed by atoms with Crippen LogP contribution in [0.2, 0.25) is 0 Å². The number of aliphatic hydroxyl groups is 1. The lowest BCUT2D eigenvalue weighted by Gasteiger charge is -2.44. The number of nitrogens with zero attached hydrogens (tertiary/aromatic N) is 1. The van der Waals surface area contributed by atoms with Crippen LogP contribution >= 0.6 is 0 Å². The van der Waals surface area contributed by atoms with Crippen molar-refractivity contribution < 1.29 is 5.11 Å². The standard InChI is InChI=1S/C17H33NO/c1-5-17(4,18(6-2)7-3)16(19)12-15-11-13-8-9-14(15)10-13/h13-16,19H,5-12H2,1-4H3. The van der Waals surface area contributed by atoms with Crippen LogP contribution in [0.3, 0.4) is 0 Å². The average Bonchev–Trinajstić information content (AvgIpc) is 3.01. The molecule has 0 aliphatic heterocycles. The largest absolute Gasteiger partial charge is 0.391 e. The molecule has 0 aromatic rings. The summed E-state index contributed by atoms with van der Waals surface area (Å²) in [4.78, 5) is 2.45. The van der Waals surface area contributed by atoms with E-state index in [1.54, 1.807) is 0 Å². The molecule has 2 heteroatoms. The van der Waals surface area contributed by atoms with Crippen LogP contribution in [0.4, 0.5) is 0 Å². The van der Waals surface area contributed by atoms with E-state index in [-0.39, 0.29) is 11.6 Å². The SMILES string of the molecule is CCN(CC)C(C)(CC)C(O)CC1CC2CCC1C2. The van der Waals surface area contributed by atoms with Gasteiger partial charge in [0.05, 0.1) is 6.10 Å². The van der Waals surface area contributed by atoms with Crippen molar-refractivity contribution in [2.45, 2.75) is 77.9 Å². The van der Waals surface area contributed by atoms with Gasteiger partial charge in [-0.3, -0.25) is 4.90 Å². The van der Waals surface area contributed by atoms with Crippen molar-refractivity contribution in [1.82, 2.24) is 4.90 Å². The summed E-state index contributed by atoms with van der Waals surface area (Å²) in [7, 11) is 0. The molecular formula is C17H33NO. The minimum absolute atomic E-state index is 0.0364. The van der Waals surface area contributed by atoms with Crippen LogP contribution in [0, 0.1) is 17.8 Å². The van der Waals surface area contributed by atoms with Crippen LogP contribution in [0.1, 0.15) is 66.2 Å². The third-order valence-corrected chi connectivity index (χ3v) is 6.33. The summed E-state index contributed by atoms with van der Waals surface area (Å²) in [5, 5.41) is 10.8. The maximum Gasteiger partial charge on any atom is 0.0723 e. The smallest absolute Gasteiger partial charge is 0.0723 e. The molecule has 2 saturated carbocycles.